The predicted molar refractivity (Wildman–Crippen MR) is 86.7 cm³/mol. The molecule has 0 saturated heterocycles. The second-order valence-electron chi connectivity index (χ2n) is 6.50. The summed E-state index contributed by atoms with van der Waals surface area (Å²) < 4.78 is 5.27. The standard InChI is InChI=1S/C17H22N2O5/c1-17(2,3)24-16(23)18(10-11-20)8-9-19-14(21)12-6-4-5-7-13(12)15(19)22/h4-7,20H,8-11H2,1-3H3. The van der Waals surface area contributed by atoms with Gasteiger partial charge in [-0.2, -0.15) is 0 Å². The molecule has 0 aromatic heterocycles. The fourth-order valence-electron chi connectivity index (χ4n) is 2.40. The Kier molecular flexibility index (Phi) is 5.23. The molecule has 0 radical (unpaired) electrons. The Morgan fingerprint density at radius 2 is 1.67 bits per heavy atom. The van der Waals surface area contributed by atoms with Crippen molar-refractivity contribution < 1.29 is 24.2 Å². The van der Waals surface area contributed by atoms with Gasteiger partial charge in [-0.05, 0) is 32.9 Å². The molecule has 0 saturated carbocycles. The highest BCUT2D eigenvalue weighted by atomic mass is 16.6. The molecule has 130 valence electrons. The van der Waals surface area contributed by atoms with Gasteiger partial charge in [0.05, 0.1) is 17.7 Å². The van der Waals surface area contributed by atoms with E-state index in [2.05, 4.69) is 0 Å². The smallest absolute Gasteiger partial charge is 0.410 e. The molecule has 0 fully saturated rings. The van der Waals surface area contributed by atoms with Gasteiger partial charge in [-0.25, -0.2) is 4.79 Å². The summed E-state index contributed by atoms with van der Waals surface area (Å²) in [5.41, 5.74) is 0.0716. The van der Waals surface area contributed by atoms with Crippen LogP contribution in [0, 0.1) is 0 Å². The van der Waals surface area contributed by atoms with Gasteiger partial charge >= 0.3 is 6.09 Å². The van der Waals surface area contributed by atoms with Crippen molar-refractivity contribution in [1.29, 1.82) is 0 Å². The van der Waals surface area contributed by atoms with Crippen molar-refractivity contribution in [3.8, 4) is 0 Å². The van der Waals surface area contributed by atoms with Crippen LogP contribution in [0.4, 0.5) is 4.79 Å². The minimum absolute atomic E-state index is 0.0472. The maximum absolute atomic E-state index is 12.3. The Morgan fingerprint density at radius 3 is 2.12 bits per heavy atom. The van der Waals surface area contributed by atoms with E-state index in [1.807, 2.05) is 0 Å². The van der Waals surface area contributed by atoms with Gasteiger partial charge in [-0.15, -0.1) is 0 Å². The summed E-state index contributed by atoms with van der Waals surface area (Å²) in [5.74, 6) is -0.743. The number of aliphatic hydroxyl groups is 1. The fraction of sp³-hybridized carbons (Fsp3) is 0.471. The van der Waals surface area contributed by atoms with Crippen LogP contribution in [-0.4, -0.2) is 64.7 Å². The Labute approximate surface area is 140 Å². The van der Waals surface area contributed by atoms with Crippen LogP contribution in [0.1, 0.15) is 41.5 Å². The summed E-state index contributed by atoms with van der Waals surface area (Å²) in [6.07, 6.45) is -0.590. The number of carbonyl (C=O) groups is 3. The summed E-state index contributed by atoms with van der Waals surface area (Å²) in [6.45, 7) is 5.20. The van der Waals surface area contributed by atoms with E-state index in [9.17, 15) is 14.4 Å². The maximum Gasteiger partial charge on any atom is 0.410 e. The maximum atomic E-state index is 12.3. The third kappa shape index (κ3) is 3.91. The van der Waals surface area contributed by atoms with Crippen molar-refractivity contribution in [3.63, 3.8) is 0 Å². The lowest BCUT2D eigenvalue weighted by Gasteiger charge is -2.28. The lowest BCUT2D eigenvalue weighted by Crippen LogP contribution is -2.44. The minimum Gasteiger partial charge on any atom is -0.444 e. The first-order chi connectivity index (χ1) is 11.2. The highest BCUT2D eigenvalue weighted by molar-refractivity contribution is 6.21. The van der Waals surface area contributed by atoms with Crippen molar-refractivity contribution in [2.75, 3.05) is 26.2 Å². The van der Waals surface area contributed by atoms with Crippen LogP contribution in [-0.2, 0) is 4.74 Å². The van der Waals surface area contributed by atoms with Crippen LogP contribution in [0.2, 0.25) is 0 Å². The van der Waals surface area contributed by atoms with Crippen LogP contribution < -0.4 is 0 Å². The fourth-order valence-corrected chi connectivity index (χ4v) is 2.40. The Balaban J connectivity index is 2.04. The molecule has 1 aromatic rings. The molecule has 24 heavy (non-hydrogen) atoms. The number of hydrogen-bond donors (Lipinski definition) is 1. The molecule has 1 aliphatic heterocycles. The lowest BCUT2D eigenvalue weighted by molar-refractivity contribution is 0.0196. The second-order valence-corrected chi connectivity index (χ2v) is 6.50. The van der Waals surface area contributed by atoms with Crippen molar-refractivity contribution >= 4 is 17.9 Å². The SMILES string of the molecule is CC(C)(C)OC(=O)N(CCO)CCN1C(=O)c2ccccc2C1=O. The Bertz CT molecular complexity index is 616. The summed E-state index contributed by atoms with van der Waals surface area (Å²) in [6, 6.07) is 6.61. The van der Waals surface area contributed by atoms with Crippen molar-refractivity contribution in [1.82, 2.24) is 9.80 Å². The highest BCUT2D eigenvalue weighted by Gasteiger charge is 2.35. The van der Waals surface area contributed by atoms with E-state index in [1.165, 1.54) is 4.90 Å². The number of ether oxygens (including phenoxy) is 1. The Morgan fingerprint density at radius 1 is 1.12 bits per heavy atom. The Hall–Kier alpha value is -2.41. The lowest BCUT2D eigenvalue weighted by atomic mass is 10.1. The van der Waals surface area contributed by atoms with Crippen molar-refractivity contribution in [2.45, 2.75) is 26.4 Å². The number of rotatable bonds is 5. The topological polar surface area (TPSA) is 87.2 Å². The summed E-state index contributed by atoms with van der Waals surface area (Å²) in [4.78, 5) is 39.1. The van der Waals surface area contributed by atoms with Gasteiger partial charge in [0.2, 0.25) is 0 Å². The number of hydrogen-bond acceptors (Lipinski definition) is 5. The van der Waals surface area contributed by atoms with Crippen LogP contribution in [0.15, 0.2) is 24.3 Å². The van der Waals surface area contributed by atoms with E-state index < -0.39 is 11.7 Å². The zero-order chi connectivity index (χ0) is 17.9. The van der Waals surface area contributed by atoms with Crippen LogP contribution >= 0.6 is 0 Å². The number of nitrogens with zero attached hydrogens (tertiary/aromatic N) is 2. The van der Waals surface area contributed by atoms with E-state index in [0.717, 1.165) is 4.90 Å². The quantitative estimate of drug-likeness (QED) is 0.825. The first-order valence-electron chi connectivity index (χ1n) is 7.78. The molecule has 7 heteroatoms. The zero-order valence-corrected chi connectivity index (χ0v) is 14.1. The largest absolute Gasteiger partial charge is 0.444 e. The number of carbonyl (C=O) groups excluding carboxylic acids is 3. The van der Waals surface area contributed by atoms with Gasteiger partial charge in [-0.3, -0.25) is 14.5 Å². The van der Waals surface area contributed by atoms with E-state index in [1.54, 1.807) is 45.0 Å². The molecular weight excluding hydrogens is 312 g/mol. The highest BCUT2D eigenvalue weighted by Crippen LogP contribution is 2.22. The molecular formula is C17H22N2O5. The summed E-state index contributed by atoms with van der Waals surface area (Å²) >= 11 is 0. The van der Waals surface area contributed by atoms with Gasteiger partial charge in [-0.1, -0.05) is 12.1 Å². The first kappa shape index (κ1) is 17.9. The zero-order valence-electron chi connectivity index (χ0n) is 14.1. The molecule has 1 aromatic carbocycles. The van der Waals surface area contributed by atoms with E-state index in [0.29, 0.717) is 11.1 Å². The first-order valence-corrected chi connectivity index (χ1v) is 7.78. The third-order valence-electron chi connectivity index (χ3n) is 3.49. The average molecular weight is 334 g/mol. The van der Waals surface area contributed by atoms with Crippen molar-refractivity contribution in [3.05, 3.63) is 35.4 Å². The molecule has 0 unspecified atom stereocenters. The summed E-state index contributed by atoms with van der Waals surface area (Å²) in [7, 11) is 0. The van der Waals surface area contributed by atoms with E-state index >= 15 is 0 Å². The summed E-state index contributed by atoms with van der Waals surface area (Å²) in [5, 5.41) is 9.12. The van der Waals surface area contributed by atoms with Gasteiger partial charge in [0, 0.05) is 19.6 Å². The van der Waals surface area contributed by atoms with Crippen LogP contribution in [0.3, 0.4) is 0 Å². The number of aliphatic hydroxyl groups excluding tert-OH is 1. The third-order valence-corrected chi connectivity index (χ3v) is 3.49. The molecule has 0 bridgehead atoms. The van der Waals surface area contributed by atoms with Gasteiger partial charge in [0.1, 0.15) is 5.60 Å². The molecule has 2 rings (SSSR count). The molecule has 1 heterocycles. The van der Waals surface area contributed by atoms with Crippen LogP contribution in [0.25, 0.3) is 0 Å². The number of fused-ring (bicyclic) bond motifs is 1. The monoisotopic (exact) mass is 334 g/mol. The normalized spacial score (nSPS) is 13.9. The molecule has 0 spiro atoms. The van der Waals surface area contributed by atoms with Gasteiger partial charge in [0.25, 0.3) is 11.8 Å². The molecule has 1 N–H and O–H groups in total. The molecule has 0 atom stereocenters. The number of benzene rings is 1. The van der Waals surface area contributed by atoms with Gasteiger partial charge < -0.3 is 14.7 Å². The minimum atomic E-state index is -0.666. The molecule has 0 aliphatic carbocycles. The molecule has 1 aliphatic rings. The van der Waals surface area contributed by atoms with Crippen molar-refractivity contribution in [2.24, 2.45) is 0 Å². The molecule has 3 amide bonds. The average Bonchev–Trinajstić information content (AvgIpc) is 2.74. The predicted octanol–water partition coefficient (Wildman–Crippen LogP) is 1.51. The van der Waals surface area contributed by atoms with Gasteiger partial charge in [0.15, 0.2) is 0 Å². The second kappa shape index (κ2) is 7.00. The number of amides is 3. The number of imide groups is 1. The van der Waals surface area contributed by atoms with E-state index in [4.69, 9.17) is 9.84 Å². The molecule has 7 nitrogen and oxygen atoms in total. The van der Waals surface area contributed by atoms with E-state index in [-0.39, 0.29) is 38.1 Å². The van der Waals surface area contributed by atoms with Crippen LogP contribution in [0.5, 0.6) is 0 Å².